The Morgan fingerprint density at radius 1 is 1.29 bits per heavy atom. The van der Waals surface area contributed by atoms with Crippen molar-refractivity contribution in [2.24, 2.45) is 10.5 Å². The molecule has 0 fully saturated rings. The molecule has 0 aliphatic rings. The summed E-state index contributed by atoms with van der Waals surface area (Å²) in [4.78, 5) is 11.8. The molecule has 4 heteroatoms. The van der Waals surface area contributed by atoms with Gasteiger partial charge >= 0.3 is 0 Å². The molecule has 0 saturated heterocycles. The number of rotatable bonds is 2. The van der Waals surface area contributed by atoms with Gasteiger partial charge in [0.05, 0.1) is 10.6 Å². The highest BCUT2D eigenvalue weighted by Gasteiger charge is 2.15. The van der Waals surface area contributed by atoms with Crippen molar-refractivity contribution in [3.63, 3.8) is 0 Å². The molecule has 17 heavy (non-hydrogen) atoms. The number of benzene rings is 1. The first-order valence-corrected chi connectivity index (χ1v) is 5.80. The summed E-state index contributed by atoms with van der Waals surface area (Å²) in [5.74, 6) is -0.292. The van der Waals surface area contributed by atoms with E-state index in [1.807, 2.05) is 27.7 Å². The molecule has 1 aromatic rings. The van der Waals surface area contributed by atoms with Crippen LogP contribution >= 0.6 is 11.6 Å². The number of hydrogen-bond donors (Lipinski definition) is 1. The molecule has 0 aliphatic carbocycles. The van der Waals surface area contributed by atoms with E-state index in [1.54, 1.807) is 24.3 Å². The zero-order chi connectivity index (χ0) is 13.1. The highest BCUT2D eigenvalue weighted by Crippen LogP contribution is 2.16. The lowest BCUT2D eigenvalue weighted by molar-refractivity contribution is 0.0954. The van der Waals surface area contributed by atoms with E-state index < -0.39 is 0 Å². The van der Waals surface area contributed by atoms with Crippen LogP contribution in [-0.2, 0) is 0 Å². The molecule has 92 valence electrons. The highest BCUT2D eigenvalue weighted by molar-refractivity contribution is 6.33. The van der Waals surface area contributed by atoms with Gasteiger partial charge in [-0.2, -0.15) is 5.10 Å². The monoisotopic (exact) mass is 252 g/mol. The summed E-state index contributed by atoms with van der Waals surface area (Å²) < 4.78 is 0. The second kappa shape index (κ2) is 5.32. The molecular weight excluding hydrogens is 236 g/mol. The molecule has 1 rings (SSSR count). The summed E-state index contributed by atoms with van der Waals surface area (Å²) in [6.07, 6.45) is 0. The lowest BCUT2D eigenvalue weighted by atomic mass is 9.91. The number of carbonyl (C=O) groups is 1. The number of halogens is 1. The second-order valence-electron chi connectivity index (χ2n) is 4.87. The molecule has 0 spiro atoms. The van der Waals surface area contributed by atoms with Crippen LogP contribution in [-0.4, -0.2) is 11.6 Å². The fourth-order valence-corrected chi connectivity index (χ4v) is 1.23. The van der Waals surface area contributed by atoms with E-state index in [1.165, 1.54) is 0 Å². The van der Waals surface area contributed by atoms with Crippen molar-refractivity contribution in [2.75, 3.05) is 0 Å². The van der Waals surface area contributed by atoms with Crippen molar-refractivity contribution in [1.82, 2.24) is 5.43 Å². The first kappa shape index (κ1) is 13.7. The zero-order valence-electron chi connectivity index (χ0n) is 10.5. The molecule has 0 aromatic heterocycles. The summed E-state index contributed by atoms with van der Waals surface area (Å²) in [5, 5.41) is 4.50. The van der Waals surface area contributed by atoms with E-state index in [9.17, 15) is 4.79 Å². The van der Waals surface area contributed by atoms with Crippen LogP contribution in [0.25, 0.3) is 0 Å². The van der Waals surface area contributed by atoms with Gasteiger partial charge in [0.25, 0.3) is 5.91 Å². The molecule has 0 saturated carbocycles. The van der Waals surface area contributed by atoms with E-state index in [-0.39, 0.29) is 11.3 Å². The smallest absolute Gasteiger partial charge is 0.267 e. The maximum absolute atomic E-state index is 11.8. The third-order valence-electron chi connectivity index (χ3n) is 2.53. The minimum absolute atomic E-state index is 0.0617. The van der Waals surface area contributed by atoms with Crippen LogP contribution in [0.2, 0.25) is 5.02 Å². The average Bonchev–Trinajstić information content (AvgIpc) is 2.24. The number of hydrazone groups is 1. The van der Waals surface area contributed by atoms with Gasteiger partial charge in [-0.15, -0.1) is 0 Å². The Labute approximate surface area is 107 Å². The van der Waals surface area contributed by atoms with Crippen molar-refractivity contribution in [3.8, 4) is 0 Å². The average molecular weight is 253 g/mol. The van der Waals surface area contributed by atoms with Crippen LogP contribution in [0.4, 0.5) is 0 Å². The lowest BCUT2D eigenvalue weighted by Gasteiger charge is -2.17. The summed E-state index contributed by atoms with van der Waals surface area (Å²) in [5.41, 5.74) is 3.74. The predicted octanol–water partition coefficient (Wildman–Crippen LogP) is 3.49. The van der Waals surface area contributed by atoms with Crippen molar-refractivity contribution < 1.29 is 4.79 Å². The zero-order valence-corrected chi connectivity index (χ0v) is 11.3. The van der Waals surface area contributed by atoms with E-state index in [0.717, 1.165) is 5.71 Å². The largest absolute Gasteiger partial charge is 0.272 e. The highest BCUT2D eigenvalue weighted by atomic mass is 35.5. The van der Waals surface area contributed by atoms with Crippen molar-refractivity contribution in [1.29, 1.82) is 0 Å². The Morgan fingerprint density at radius 3 is 2.41 bits per heavy atom. The van der Waals surface area contributed by atoms with Gasteiger partial charge in [-0.3, -0.25) is 4.79 Å². The molecule has 1 aromatic carbocycles. The molecule has 0 heterocycles. The Bertz CT molecular complexity index is 447. The minimum Gasteiger partial charge on any atom is -0.267 e. The van der Waals surface area contributed by atoms with Crippen LogP contribution in [0, 0.1) is 5.41 Å². The fraction of sp³-hybridized carbons (Fsp3) is 0.385. The third kappa shape index (κ3) is 3.86. The van der Waals surface area contributed by atoms with Crippen molar-refractivity contribution in [3.05, 3.63) is 34.9 Å². The lowest BCUT2D eigenvalue weighted by Crippen LogP contribution is -2.24. The van der Waals surface area contributed by atoms with Gasteiger partial charge in [0.1, 0.15) is 0 Å². The van der Waals surface area contributed by atoms with Gasteiger partial charge in [-0.05, 0) is 19.1 Å². The summed E-state index contributed by atoms with van der Waals surface area (Å²) in [6.45, 7) is 7.99. The molecular formula is C13H17ClN2O. The molecule has 0 radical (unpaired) electrons. The van der Waals surface area contributed by atoms with Gasteiger partial charge < -0.3 is 0 Å². The minimum atomic E-state index is -0.292. The van der Waals surface area contributed by atoms with E-state index in [2.05, 4.69) is 10.5 Å². The number of amides is 1. The fourth-order valence-electron chi connectivity index (χ4n) is 1.01. The Balaban J connectivity index is 2.79. The first-order valence-electron chi connectivity index (χ1n) is 5.42. The molecule has 1 N–H and O–H groups in total. The quantitative estimate of drug-likeness (QED) is 0.635. The maximum atomic E-state index is 11.8. The van der Waals surface area contributed by atoms with Gasteiger partial charge in [0.15, 0.2) is 0 Å². The Hall–Kier alpha value is -1.35. The standard InChI is InChI=1S/C13H17ClN2O/c1-9(13(2,3)4)15-16-12(17)10-7-5-6-8-11(10)14/h5-8H,1-4H3,(H,16,17)/b15-9-. The number of nitrogens with one attached hydrogen (secondary N) is 1. The van der Waals surface area contributed by atoms with Gasteiger partial charge in [0, 0.05) is 11.1 Å². The molecule has 3 nitrogen and oxygen atoms in total. The van der Waals surface area contributed by atoms with Crippen LogP contribution in [0.3, 0.4) is 0 Å². The van der Waals surface area contributed by atoms with E-state index in [0.29, 0.717) is 10.6 Å². The topological polar surface area (TPSA) is 41.5 Å². The molecule has 0 bridgehead atoms. The Kier molecular flexibility index (Phi) is 4.29. The maximum Gasteiger partial charge on any atom is 0.272 e. The number of carbonyl (C=O) groups excluding carboxylic acids is 1. The third-order valence-corrected chi connectivity index (χ3v) is 2.86. The molecule has 0 atom stereocenters. The normalized spacial score (nSPS) is 12.4. The molecule has 0 aliphatic heterocycles. The molecule has 0 unspecified atom stereocenters. The first-order chi connectivity index (χ1) is 7.82. The van der Waals surface area contributed by atoms with Crippen LogP contribution in [0.5, 0.6) is 0 Å². The predicted molar refractivity (Wildman–Crippen MR) is 71.5 cm³/mol. The van der Waals surface area contributed by atoms with Crippen LogP contribution in [0.1, 0.15) is 38.1 Å². The SMILES string of the molecule is C/C(=N/NC(=O)c1ccccc1Cl)C(C)(C)C. The summed E-state index contributed by atoms with van der Waals surface area (Å²) in [6, 6.07) is 6.89. The molecule has 1 amide bonds. The van der Waals surface area contributed by atoms with Crippen molar-refractivity contribution >= 4 is 23.2 Å². The van der Waals surface area contributed by atoms with E-state index in [4.69, 9.17) is 11.6 Å². The van der Waals surface area contributed by atoms with Crippen LogP contribution in [0.15, 0.2) is 29.4 Å². The van der Waals surface area contributed by atoms with Gasteiger partial charge in [-0.1, -0.05) is 44.5 Å². The van der Waals surface area contributed by atoms with Gasteiger partial charge in [0.2, 0.25) is 0 Å². The summed E-state index contributed by atoms with van der Waals surface area (Å²) in [7, 11) is 0. The van der Waals surface area contributed by atoms with Crippen molar-refractivity contribution in [2.45, 2.75) is 27.7 Å². The van der Waals surface area contributed by atoms with Gasteiger partial charge in [-0.25, -0.2) is 5.43 Å². The van der Waals surface area contributed by atoms with Crippen LogP contribution < -0.4 is 5.43 Å². The Morgan fingerprint density at radius 2 is 1.88 bits per heavy atom. The number of nitrogens with zero attached hydrogens (tertiary/aromatic N) is 1. The summed E-state index contributed by atoms with van der Waals surface area (Å²) >= 11 is 5.92. The van der Waals surface area contributed by atoms with E-state index >= 15 is 0 Å². The second-order valence-corrected chi connectivity index (χ2v) is 5.28. The number of hydrogen-bond acceptors (Lipinski definition) is 2.